The SMILES string of the molecule is COc1ccc(OC(C)C)c(NC(=O)COCCc2ccccc2)c1. The first-order chi connectivity index (χ1) is 12.1. The Morgan fingerprint density at radius 1 is 1.12 bits per heavy atom. The number of carbonyl (C=O) groups is 1. The van der Waals surface area contributed by atoms with Crippen molar-refractivity contribution >= 4 is 11.6 Å². The van der Waals surface area contributed by atoms with E-state index in [2.05, 4.69) is 5.32 Å². The minimum atomic E-state index is -0.227. The molecule has 0 aliphatic carbocycles. The summed E-state index contributed by atoms with van der Waals surface area (Å²) in [5, 5.41) is 2.82. The molecule has 0 aromatic heterocycles. The molecule has 5 heteroatoms. The third kappa shape index (κ3) is 6.47. The second-order valence-electron chi connectivity index (χ2n) is 5.87. The van der Waals surface area contributed by atoms with Gasteiger partial charge in [0.05, 0.1) is 25.5 Å². The number of hydrogen-bond acceptors (Lipinski definition) is 4. The highest BCUT2D eigenvalue weighted by Crippen LogP contribution is 2.30. The summed E-state index contributed by atoms with van der Waals surface area (Å²) in [7, 11) is 1.58. The first kappa shape index (κ1) is 18.8. The van der Waals surface area contributed by atoms with Crippen molar-refractivity contribution in [3.63, 3.8) is 0 Å². The van der Waals surface area contributed by atoms with E-state index in [1.807, 2.05) is 44.2 Å². The number of methoxy groups -OCH3 is 1. The van der Waals surface area contributed by atoms with Gasteiger partial charge in [-0.1, -0.05) is 30.3 Å². The molecular weight excluding hydrogens is 318 g/mol. The Morgan fingerprint density at radius 2 is 1.88 bits per heavy atom. The van der Waals surface area contributed by atoms with E-state index in [0.29, 0.717) is 23.8 Å². The Kier molecular flexibility index (Phi) is 7.29. The van der Waals surface area contributed by atoms with Crippen LogP contribution in [-0.4, -0.2) is 32.3 Å². The van der Waals surface area contributed by atoms with Crippen LogP contribution in [0.1, 0.15) is 19.4 Å². The molecule has 0 atom stereocenters. The highest BCUT2D eigenvalue weighted by Gasteiger charge is 2.11. The molecule has 0 bridgehead atoms. The number of benzene rings is 2. The van der Waals surface area contributed by atoms with Crippen LogP contribution in [0.2, 0.25) is 0 Å². The van der Waals surface area contributed by atoms with Crippen molar-refractivity contribution < 1.29 is 19.0 Å². The Hall–Kier alpha value is -2.53. The van der Waals surface area contributed by atoms with E-state index < -0.39 is 0 Å². The van der Waals surface area contributed by atoms with Crippen molar-refractivity contribution in [2.75, 3.05) is 25.6 Å². The summed E-state index contributed by atoms with van der Waals surface area (Å²) < 4.78 is 16.4. The Labute approximate surface area is 148 Å². The molecule has 0 heterocycles. The standard InChI is InChI=1S/C20H25NO4/c1-15(2)25-19-10-9-17(23-3)13-18(19)21-20(22)14-24-12-11-16-7-5-4-6-8-16/h4-10,13,15H,11-12,14H2,1-3H3,(H,21,22). The molecule has 0 saturated carbocycles. The van der Waals surface area contributed by atoms with E-state index in [4.69, 9.17) is 14.2 Å². The van der Waals surface area contributed by atoms with Gasteiger partial charge in [-0.15, -0.1) is 0 Å². The maximum Gasteiger partial charge on any atom is 0.250 e. The number of hydrogen-bond donors (Lipinski definition) is 1. The molecule has 25 heavy (non-hydrogen) atoms. The number of amides is 1. The molecule has 5 nitrogen and oxygen atoms in total. The van der Waals surface area contributed by atoms with Crippen molar-refractivity contribution in [2.24, 2.45) is 0 Å². The van der Waals surface area contributed by atoms with Crippen LogP contribution in [0.5, 0.6) is 11.5 Å². The molecule has 1 N–H and O–H groups in total. The monoisotopic (exact) mass is 343 g/mol. The van der Waals surface area contributed by atoms with Gasteiger partial charge in [-0.3, -0.25) is 4.79 Å². The maximum atomic E-state index is 12.1. The van der Waals surface area contributed by atoms with Crippen LogP contribution < -0.4 is 14.8 Å². The molecule has 0 radical (unpaired) electrons. The van der Waals surface area contributed by atoms with Crippen LogP contribution in [0.25, 0.3) is 0 Å². The van der Waals surface area contributed by atoms with E-state index >= 15 is 0 Å². The maximum absolute atomic E-state index is 12.1. The fraction of sp³-hybridized carbons (Fsp3) is 0.350. The number of ether oxygens (including phenoxy) is 3. The van der Waals surface area contributed by atoms with Gasteiger partial charge in [-0.2, -0.15) is 0 Å². The zero-order valence-corrected chi connectivity index (χ0v) is 15.0. The minimum Gasteiger partial charge on any atom is -0.497 e. The van der Waals surface area contributed by atoms with Gasteiger partial charge >= 0.3 is 0 Å². The zero-order chi connectivity index (χ0) is 18.1. The van der Waals surface area contributed by atoms with Crippen molar-refractivity contribution in [3.8, 4) is 11.5 Å². The first-order valence-corrected chi connectivity index (χ1v) is 8.34. The van der Waals surface area contributed by atoms with Gasteiger partial charge in [-0.25, -0.2) is 0 Å². The molecule has 0 aliphatic rings. The van der Waals surface area contributed by atoms with Crippen LogP contribution in [0.4, 0.5) is 5.69 Å². The van der Waals surface area contributed by atoms with Crippen molar-refractivity contribution in [1.29, 1.82) is 0 Å². The van der Waals surface area contributed by atoms with Gasteiger partial charge in [0.1, 0.15) is 18.1 Å². The molecule has 0 saturated heterocycles. The number of carbonyl (C=O) groups excluding carboxylic acids is 1. The van der Waals surface area contributed by atoms with Crippen LogP contribution in [-0.2, 0) is 16.0 Å². The number of nitrogens with one attached hydrogen (secondary N) is 1. The van der Waals surface area contributed by atoms with Crippen LogP contribution in [0.3, 0.4) is 0 Å². The molecule has 2 rings (SSSR count). The molecule has 0 spiro atoms. The molecular formula is C20H25NO4. The largest absolute Gasteiger partial charge is 0.497 e. The third-order valence-electron chi connectivity index (χ3n) is 3.43. The smallest absolute Gasteiger partial charge is 0.250 e. The summed E-state index contributed by atoms with van der Waals surface area (Å²) >= 11 is 0. The second-order valence-corrected chi connectivity index (χ2v) is 5.87. The van der Waals surface area contributed by atoms with Gasteiger partial charge in [0.25, 0.3) is 0 Å². The van der Waals surface area contributed by atoms with Crippen molar-refractivity contribution in [2.45, 2.75) is 26.4 Å². The Morgan fingerprint density at radius 3 is 2.56 bits per heavy atom. The van der Waals surface area contributed by atoms with Crippen LogP contribution in [0, 0.1) is 0 Å². The lowest BCUT2D eigenvalue weighted by Crippen LogP contribution is -2.20. The van der Waals surface area contributed by atoms with E-state index in [1.54, 1.807) is 25.3 Å². The average Bonchev–Trinajstić information content (AvgIpc) is 2.61. The van der Waals surface area contributed by atoms with Crippen LogP contribution >= 0.6 is 0 Å². The van der Waals surface area contributed by atoms with Crippen LogP contribution in [0.15, 0.2) is 48.5 Å². The number of rotatable bonds is 9. The number of anilines is 1. The minimum absolute atomic E-state index is 0.00571. The lowest BCUT2D eigenvalue weighted by molar-refractivity contribution is -0.120. The Balaban J connectivity index is 1.86. The highest BCUT2D eigenvalue weighted by molar-refractivity contribution is 5.93. The molecule has 1 amide bonds. The summed E-state index contributed by atoms with van der Waals surface area (Å²) in [5.74, 6) is 1.03. The van der Waals surface area contributed by atoms with Gasteiger partial charge in [-0.05, 0) is 38.0 Å². The summed E-state index contributed by atoms with van der Waals surface area (Å²) in [6, 6.07) is 15.3. The predicted molar refractivity (Wildman–Crippen MR) is 98.4 cm³/mol. The third-order valence-corrected chi connectivity index (χ3v) is 3.43. The van der Waals surface area contributed by atoms with Gasteiger partial charge < -0.3 is 19.5 Å². The fourth-order valence-electron chi connectivity index (χ4n) is 2.28. The van der Waals surface area contributed by atoms with E-state index in [1.165, 1.54) is 5.56 Å². The zero-order valence-electron chi connectivity index (χ0n) is 15.0. The lowest BCUT2D eigenvalue weighted by atomic mass is 10.2. The topological polar surface area (TPSA) is 56.8 Å². The van der Waals surface area contributed by atoms with E-state index in [0.717, 1.165) is 6.42 Å². The molecule has 134 valence electrons. The van der Waals surface area contributed by atoms with Gasteiger partial charge in [0.15, 0.2) is 0 Å². The quantitative estimate of drug-likeness (QED) is 0.706. The molecule has 0 fully saturated rings. The van der Waals surface area contributed by atoms with Gasteiger partial charge in [0, 0.05) is 6.07 Å². The fourth-order valence-corrected chi connectivity index (χ4v) is 2.28. The molecule has 0 aliphatic heterocycles. The van der Waals surface area contributed by atoms with Crippen molar-refractivity contribution in [1.82, 2.24) is 0 Å². The molecule has 2 aromatic rings. The van der Waals surface area contributed by atoms with E-state index in [9.17, 15) is 4.79 Å². The Bertz CT molecular complexity index is 671. The average molecular weight is 343 g/mol. The normalized spacial score (nSPS) is 10.6. The first-order valence-electron chi connectivity index (χ1n) is 8.34. The highest BCUT2D eigenvalue weighted by atomic mass is 16.5. The predicted octanol–water partition coefficient (Wildman–Crippen LogP) is 3.68. The summed E-state index contributed by atoms with van der Waals surface area (Å²) in [5.41, 5.74) is 1.76. The van der Waals surface area contributed by atoms with Crippen molar-refractivity contribution in [3.05, 3.63) is 54.1 Å². The molecule has 0 unspecified atom stereocenters. The van der Waals surface area contributed by atoms with Gasteiger partial charge in [0.2, 0.25) is 5.91 Å². The summed E-state index contributed by atoms with van der Waals surface area (Å²) in [6.45, 7) is 4.35. The lowest BCUT2D eigenvalue weighted by Gasteiger charge is -2.16. The molecule has 2 aromatic carbocycles. The summed E-state index contributed by atoms with van der Waals surface area (Å²) in [4.78, 5) is 12.1. The van der Waals surface area contributed by atoms with E-state index in [-0.39, 0.29) is 18.6 Å². The summed E-state index contributed by atoms with van der Waals surface area (Å²) in [6.07, 6.45) is 0.779. The second kappa shape index (κ2) is 9.69.